The van der Waals surface area contributed by atoms with Crippen LogP contribution in [-0.4, -0.2) is 19.5 Å². The summed E-state index contributed by atoms with van der Waals surface area (Å²) in [5.41, 5.74) is 2.60. The average molecular weight is 444 g/mol. The minimum atomic E-state index is -1.82. The van der Waals surface area contributed by atoms with Crippen molar-refractivity contribution >= 4 is 35.0 Å². The van der Waals surface area contributed by atoms with E-state index in [1.165, 1.54) is 21.9 Å². The summed E-state index contributed by atoms with van der Waals surface area (Å²) >= 11 is 3.60. The van der Waals surface area contributed by atoms with Gasteiger partial charge in [0.25, 0.3) is 0 Å². The van der Waals surface area contributed by atoms with E-state index in [1.807, 2.05) is 0 Å². The standard InChI is InChI=1S/C23H30BrNOSi/c1-17-13-20(24)11-12-21(17)22(16-26-27(5,6)23(2,3)4)25-14-18-9-7-8-10-19(18)15-25/h7-15,22H,16H2,1-6H3. The first-order chi connectivity index (χ1) is 12.6. The maximum absolute atomic E-state index is 6.65. The Balaban J connectivity index is 2.01. The van der Waals surface area contributed by atoms with E-state index < -0.39 is 8.32 Å². The molecule has 1 atom stereocenters. The van der Waals surface area contributed by atoms with Gasteiger partial charge in [0.05, 0.1) is 12.6 Å². The Kier molecular flexibility index (Phi) is 5.71. The quantitative estimate of drug-likeness (QED) is 0.376. The van der Waals surface area contributed by atoms with Crippen LogP contribution >= 0.6 is 15.9 Å². The van der Waals surface area contributed by atoms with Crippen molar-refractivity contribution in [3.8, 4) is 0 Å². The Morgan fingerprint density at radius 2 is 1.63 bits per heavy atom. The molecule has 1 heterocycles. The van der Waals surface area contributed by atoms with E-state index in [4.69, 9.17) is 4.43 Å². The van der Waals surface area contributed by atoms with Crippen LogP contribution in [0.3, 0.4) is 0 Å². The molecule has 4 heteroatoms. The van der Waals surface area contributed by atoms with Gasteiger partial charge in [-0.2, -0.15) is 0 Å². The fourth-order valence-electron chi connectivity index (χ4n) is 3.14. The number of nitrogens with zero attached hydrogens (tertiary/aromatic N) is 1. The fraction of sp³-hybridized carbons (Fsp3) is 0.391. The van der Waals surface area contributed by atoms with Crippen LogP contribution < -0.4 is 0 Å². The van der Waals surface area contributed by atoms with Crippen molar-refractivity contribution in [3.05, 3.63) is 70.5 Å². The molecule has 2 nitrogen and oxygen atoms in total. The monoisotopic (exact) mass is 443 g/mol. The molecule has 1 aromatic heterocycles. The molecule has 0 bridgehead atoms. The summed E-state index contributed by atoms with van der Waals surface area (Å²) in [7, 11) is -1.82. The molecule has 0 fully saturated rings. The Morgan fingerprint density at radius 3 is 2.15 bits per heavy atom. The van der Waals surface area contributed by atoms with Crippen LogP contribution in [0.5, 0.6) is 0 Å². The number of halogens is 1. The van der Waals surface area contributed by atoms with Gasteiger partial charge in [-0.05, 0) is 59.1 Å². The lowest BCUT2D eigenvalue weighted by molar-refractivity contribution is 0.248. The third kappa shape index (κ3) is 4.39. The zero-order valence-electron chi connectivity index (χ0n) is 17.2. The number of benzene rings is 2. The summed E-state index contributed by atoms with van der Waals surface area (Å²) in [6.45, 7) is 14.4. The third-order valence-corrected chi connectivity index (χ3v) is 10.9. The highest BCUT2D eigenvalue weighted by Gasteiger charge is 2.38. The molecule has 0 aliphatic rings. The van der Waals surface area contributed by atoms with E-state index in [1.54, 1.807) is 0 Å². The van der Waals surface area contributed by atoms with Crippen molar-refractivity contribution in [2.45, 2.75) is 51.9 Å². The van der Waals surface area contributed by atoms with Gasteiger partial charge in [0, 0.05) is 16.9 Å². The molecule has 3 aromatic rings. The van der Waals surface area contributed by atoms with E-state index in [0.717, 1.165) is 4.47 Å². The first-order valence-corrected chi connectivity index (χ1v) is 13.2. The van der Waals surface area contributed by atoms with Crippen LogP contribution in [-0.2, 0) is 4.43 Å². The molecule has 0 radical (unpaired) electrons. The highest BCUT2D eigenvalue weighted by Crippen LogP contribution is 2.38. The molecule has 144 valence electrons. The minimum Gasteiger partial charge on any atom is -0.414 e. The molecule has 0 saturated heterocycles. The van der Waals surface area contributed by atoms with E-state index in [0.29, 0.717) is 6.61 Å². The normalized spacial score (nSPS) is 13.9. The maximum Gasteiger partial charge on any atom is 0.192 e. The van der Waals surface area contributed by atoms with E-state index >= 15 is 0 Å². The van der Waals surface area contributed by atoms with Gasteiger partial charge in [-0.15, -0.1) is 0 Å². The fourth-order valence-corrected chi connectivity index (χ4v) is 4.62. The second-order valence-corrected chi connectivity index (χ2v) is 14.6. The molecule has 2 aromatic carbocycles. The molecule has 1 unspecified atom stereocenters. The van der Waals surface area contributed by atoms with Crippen LogP contribution in [0.1, 0.15) is 37.9 Å². The lowest BCUT2D eigenvalue weighted by Gasteiger charge is -2.37. The van der Waals surface area contributed by atoms with E-state index in [2.05, 4.69) is 116 Å². The second-order valence-electron chi connectivity index (χ2n) is 8.92. The number of hydrogen-bond donors (Lipinski definition) is 0. The van der Waals surface area contributed by atoms with Crippen molar-refractivity contribution in [1.82, 2.24) is 4.57 Å². The van der Waals surface area contributed by atoms with Crippen LogP contribution in [0.25, 0.3) is 10.8 Å². The highest BCUT2D eigenvalue weighted by atomic mass is 79.9. The number of fused-ring (bicyclic) bond motifs is 1. The summed E-state index contributed by atoms with van der Waals surface area (Å²) in [6.07, 6.45) is 4.49. The summed E-state index contributed by atoms with van der Waals surface area (Å²) < 4.78 is 10.1. The Hall–Kier alpha value is -1.36. The Labute approximate surface area is 172 Å². The third-order valence-electron chi connectivity index (χ3n) is 5.93. The Bertz CT molecular complexity index is 906. The average Bonchev–Trinajstić information content (AvgIpc) is 2.99. The van der Waals surface area contributed by atoms with Gasteiger partial charge >= 0.3 is 0 Å². The summed E-state index contributed by atoms with van der Waals surface area (Å²) in [6, 6.07) is 15.3. The second kappa shape index (κ2) is 7.57. The van der Waals surface area contributed by atoms with Gasteiger partial charge in [-0.25, -0.2) is 0 Å². The predicted molar refractivity (Wildman–Crippen MR) is 122 cm³/mol. The lowest BCUT2D eigenvalue weighted by Crippen LogP contribution is -2.42. The van der Waals surface area contributed by atoms with Crippen LogP contribution in [0.15, 0.2) is 59.3 Å². The molecule has 3 rings (SSSR count). The molecule has 0 aliphatic heterocycles. The molecule has 0 spiro atoms. The van der Waals surface area contributed by atoms with E-state index in [9.17, 15) is 0 Å². The van der Waals surface area contributed by atoms with Crippen LogP contribution in [0, 0.1) is 6.92 Å². The largest absolute Gasteiger partial charge is 0.414 e. The smallest absolute Gasteiger partial charge is 0.192 e. The summed E-state index contributed by atoms with van der Waals surface area (Å²) in [4.78, 5) is 0. The number of hydrogen-bond acceptors (Lipinski definition) is 1. The maximum atomic E-state index is 6.65. The van der Waals surface area contributed by atoms with Crippen LogP contribution in [0.2, 0.25) is 18.1 Å². The van der Waals surface area contributed by atoms with Gasteiger partial charge < -0.3 is 8.99 Å². The molecule has 0 saturated carbocycles. The summed E-state index contributed by atoms with van der Waals surface area (Å²) in [5.74, 6) is 0. The molecule has 27 heavy (non-hydrogen) atoms. The minimum absolute atomic E-state index is 0.166. The van der Waals surface area contributed by atoms with Crippen molar-refractivity contribution in [3.63, 3.8) is 0 Å². The zero-order chi connectivity index (χ0) is 19.8. The first-order valence-electron chi connectivity index (χ1n) is 9.55. The van der Waals surface area contributed by atoms with Crippen molar-refractivity contribution in [2.75, 3.05) is 6.61 Å². The van der Waals surface area contributed by atoms with E-state index in [-0.39, 0.29) is 11.1 Å². The first kappa shape index (κ1) is 20.4. The van der Waals surface area contributed by atoms with Gasteiger partial charge in [0.15, 0.2) is 8.32 Å². The molecular formula is C23H30BrNOSi. The van der Waals surface area contributed by atoms with Gasteiger partial charge in [-0.1, -0.05) is 67.0 Å². The van der Waals surface area contributed by atoms with Gasteiger partial charge in [0.1, 0.15) is 0 Å². The molecule has 0 N–H and O–H groups in total. The highest BCUT2D eigenvalue weighted by molar-refractivity contribution is 9.10. The Morgan fingerprint density at radius 1 is 1.04 bits per heavy atom. The summed E-state index contributed by atoms with van der Waals surface area (Å²) in [5, 5.41) is 2.74. The molecular weight excluding hydrogens is 414 g/mol. The topological polar surface area (TPSA) is 14.2 Å². The van der Waals surface area contributed by atoms with Gasteiger partial charge in [0.2, 0.25) is 0 Å². The SMILES string of the molecule is Cc1cc(Br)ccc1C(CO[Si](C)(C)C(C)(C)C)n1cc2ccccc2c1. The van der Waals surface area contributed by atoms with Crippen LogP contribution in [0.4, 0.5) is 0 Å². The van der Waals surface area contributed by atoms with Crippen molar-refractivity contribution < 1.29 is 4.43 Å². The number of aromatic nitrogens is 1. The molecule has 0 aliphatic carbocycles. The molecule has 0 amide bonds. The predicted octanol–water partition coefficient (Wildman–Crippen LogP) is 7.32. The van der Waals surface area contributed by atoms with Crippen molar-refractivity contribution in [2.24, 2.45) is 0 Å². The zero-order valence-corrected chi connectivity index (χ0v) is 19.8. The lowest BCUT2D eigenvalue weighted by atomic mass is 10.0. The number of rotatable bonds is 5. The van der Waals surface area contributed by atoms with Crippen molar-refractivity contribution in [1.29, 1.82) is 0 Å². The van der Waals surface area contributed by atoms with Gasteiger partial charge in [-0.3, -0.25) is 0 Å². The number of aryl methyl sites for hydroxylation is 1.